The van der Waals surface area contributed by atoms with Gasteiger partial charge in [0.1, 0.15) is 0 Å². The molecule has 1 aliphatic rings. The lowest BCUT2D eigenvalue weighted by molar-refractivity contribution is 0.116. The van der Waals surface area contributed by atoms with Gasteiger partial charge in [-0.05, 0) is 32.7 Å². The van der Waals surface area contributed by atoms with Gasteiger partial charge in [0.25, 0.3) is 0 Å². The second-order valence-corrected chi connectivity index (χ2v) is 5.30. The molecule has 0 spiro atoms. The third kappa shape index (κ3) is 5.66. The number of thiocarbonyl (C=S) groups is 1. The molecule has 0 bridgehead atoms. The van der Waals surface area contributed by atoms with Crippen molar-refractivity contribution < 1.29 is 0 Å². The van der Waals surface area contributed by atoms with Crippen molar-refractivity contribution in [2.24, 2.45) is 0 Å². The molecule has 5 heteroatoms. The fourth-order valence-electron chi connectivity index (χ4n) is 1.97. The van der Waals surface area contributed by atoms with Crippen LogP contribution in [0.1, 0.15) is 19.8 Å². The van der Waals surface area contributed by atoms with Gasteiger partial charge in [0, 0.05) is 38.8 Å². The van der Waals surface area contributed by atoms with Crippen LogP contribution in [0, 0.1) is 0 Å². The van der Waals surface area contributed by atoms with Crippen LogP contribution in [0.25, 0.3) is 0 Å². The smallest absolute Gasteiger partial charge is 0.166 e. The van der Waals surface area contributed by atoms with E-state index in [1.54, 1.807) is 0 Å². The molecule has 1 saturated heterocycles. The predicted molar refractivity (Wildman–Crippen MR) is 77.4 cm³/mol. The first-order valence-electron chi connectivity index (χ1n) is 6.54. The highest BCUT2D eigenvalue weighted by Crippen LogP contribution is 2.04. The first-order chi connectivity index (χ1) is 8.13. The third-order valence-electron chi connectivity index (χ3n) is 3.29. The summed E-state index contributed by atoms with van der Waals surface area (Å²) in [5, 5.41) is 7.34. The van der Waals surface area contributed by atoms with E-state index in [0.717, 1.165) is 37.8 Å². The second-order valence-electron chi connectivity index (χ2n) is 4.89. The molecule has 0 aromatic rings. The zero-order chi connectivity index (χ0) is 12.7. The Bertz CT molecular complexity index is 235. The van der Waals surface area contributed by atoms with E-state index in [-0.39, 0.29) is 0 Å². The molecule has 0 amide bonds. The van der Waals surface area contributed by atoms with Crippen LogP contribution in [0.3, 0.4) is 0 Å². The van der Waals surface area contributed by atoms with Crippen LogP contribution in [0.15, 0.2) is 0 Å². The highest BCUT2D eigenvalue weighted by molar-refractivity contribution is 7.80. The first-order valence-corrected chi connectivity index (χ1v) is 6.94. The Morgan fingerprint density at radius 2 is 2.06 bits per heavy atom. The standard InChI is InChI=1S/C12H26N4S/c1-4-5-6-13-12(17)14-9-11-10-15(2)7-8-16(11)3/h11H,4-10H2,1-3H3,(H2,13,14,17). The SMILES string of the molecule is CCCCNC(=S)NCC1CN(C)CCN1C. The van der Waals surface area contributed by atoms with Crippen molar-refractivity contribution in [2.75, 3.05) is 46.8 Å². The molecular formula is C12H26N4S. The van der Waals surface area contributed by atoms with Crippen molar-refractivity contribution in [2.45, 2.75) is 25.8 Å². The molecule has 4 nitrogen and oxygen atoms in total. The Balaban J connectivity index is 2.17. The molecule has 1 unspecified atom stereocenters. The molecule has 2 N–H and O–H groups in total. The molecule has 17 heavy (non-hydrogen) atoms. The van der Waals surface area contributed by atoms with Crippen molar-refractivity contribution in [1.29, 1.82) is 0 Å². The van der Waals surface area contributed by atoms with E-state index in [1.807, 2.05) is 0 Å². The van der Waals surface area contributed by atoms with Crippen molar-refractivity contribution in [3.05, 3.63) is 0 Å². The van der Waals surface area contributed by atoms with Crippen molar-refractivity contribution >= 4 is 17.3 Å². The first kappa shape index (κ1) is 14.7. The van der Waals surface area contributed by atoms with E-state index in [2.05, 4.69) is 41.5 Å². The zero-order valence-corrected chi connectivity index (χ0v) is 12.1. The maximum Gasteiger partial charge on any atom is 0.166 e. The Labute approximate surface area is 111 Å². The van der Waals surface area contributed by atoms with E-state index in [0.29, 0.717) is 6.04 Å². The van der Waals surface area contributed by atoms with E-state index < -0.39 is 0 Å². The summed E-state index contributed by atoms with van der Waals surface area (Å²) in [6, 6.07) is 0.555. The lowest BCUT2D eigenvalue weighted by Crippen LogP contribution is -2.55. The number of likely N-dealkylation sites (N-methyl/N-ethyl adjacent to an activating group) is 2. The molecule has 0 aromatic carbocycles. The number of piperazine rings is 1. The van der Waals surface area contributed by atoms with Crippen molar-refractivity contribution in [3.8, 4) is 0 Å². The molecule has 100 valence electrons. The highest BCUT2D eigenvalue weighted by atomic mass is 32.1. The fourth-order valence-corrected chi connectivity index (χ4v) is 2.16. The quantitative estimate of drug-likeness (QED) is 0.554. The average molecular weight is 258 g/mol. The van der Waals surface area contributed by atoms with Gasteiger partial charge in [-0.15, -0.1) is 0 Å². The lowest BCUT2D eigenvalue weighted by Gasteiger charge is -2.37. The van der Waals surface area contributed by atoms with Crippen LogP contribution in [0.2, 0.25) is 0 Å². The molecule has 1 atom stereocenters. The Morgan fingerprint density at radius 1 is 1.29 bits per heavy atom. The summed E-state index contributed by atoms with van der Waals surface area (Å²) >= 11 is 5.25. The van der Waals surface area contributed by atoms with Gasteiger partial charge in [0.2, 0.25) is 0 Å². The Hall–Kier alpha value is -0.390. The van der Waals surface area contributed by atoms with Crippen molar-refractivity contribution in [1.82, 2.24) is 20.4 Å². The van der Waals surface area contributed by atoms with Gasteiger partial charge >= 0.3 is 0 Å². The maximum absolute atomic E-state index is 5.25. The maximum atomic E-state index is 5.25. The summed E-state index contributed by atoms with van der Waals surface area (Å²) in [4.78, 5) is 4.78. The minimum atomic E-state index is 0.555. The van der Waals surface area contributed by atoms with Crippen molar-refractivity contribution in [3.63, 3.8) is 0 Å². The third-order valence-corrected chi connectivity index (χ3v) is 3.58. The lowest BCUT2D eigenvalue weighted by atomic mass is 10.2. The number of nitrogens with zero attached hydrogens (tertiary/aromatic N) is 2. The average Bonchev–Trinajstić information content (AvgIpc) is 2.31. The van der Waals surface area contributed by atoms with Gasteiger partial charge in [0.15, 0.2) is 5.11 Å². The van der Waals surface area contributed by atoms with Gasteiger partial charge in [-0.25, -0.2) is 0 Å². The van der Waals surface area contributed by atoms with Crippen LogP contribution in [-0.4, -0.2) is 67.8 Å². The van der Waals surface area contributed by atoms with Gasteiger partial charge in [-0.2, -0.15) is 0 Å². The van der Waals surface area contributed by atoms with Crippen LogP contribution in [0.4, 0.5) is 0 Å². The number of rotatable bonds is 5. The van der Waals surface area contributed by atoms with E-state index in [9.17, 15) is 0 Å². The van der Waals surface area contributed by atoms with E-state index >= 15 is 0 Å². The van der Waals surface area contributed by atoms with Gasteiger partial charge in [0.05, 0.1) is 0 Å². The Morgan fingerprint density at radius 3 is 2.76 bits per heavy atom. The summed E-state index contributed by atoms with van der Waals surface area (Å²) in [5.41, 5.74) is 0. The topological polar surface area (TPSA) is 30.5 Å². The number of hydrogen-bond acceptors (Lipinski definition) is 3. The fraction of sp³-hybridized carbons (Fsp3) is 0.917. The molecule has 0 saturated carbocycles. The van der Waals surface area contributed by atoms with Crippen LogP contribution in [0.5, 0.6) is 0 Å². The van der Waals surface area contributed by atoms with E-state index in [1.165, 1.54) is 12.8 Å². The molecule has 0 radical (unpaired) electrons. The summed E-state index contributed by atoms with van der Waals surface area (Å²) in [5.74, 6) is 0. The number of hydrogen-bond donors (Lipinski definition) is 2. The summed E-state index contributed by atoms with van der Waals surface area (Å²) in [6.07, 6.45) is 2.37. The predicted octanol–water partition coefficient (Wildman–Crippen LogP) is 0.496. The molecule has 1 fully saturated rings. The summed E-state index contributed by atoms with van der Waals surface area (Å²) < 4.78 is 0. The number of nitrogens with one attached hydrogen (secondary N) is 2. The molecule has 0 aromatic heterocycles. The molecule has 0 aliphatic carbocycles. The second kappa shape index (κ2) is 7.84. The van der Waals surface area contributed by atoms with Crippen LogP contribution < -0.4 is 10.6 Å². The summed E-state index contributed by atoms with van der Waals surface area (Å²) in [7, 11) is 4.37. The molecule has 1 heterocycles. The van der Waals surface area contributed by atoms with Gasteiger partial charge in [-0.1, -0.05) is 13.3 Å². The zero-order valence-electron chi connectivity index (χ0n) is 11.3. The minimum absolute atomic E-state index is 0.555. The van der Waals surface area contributed by atoms with Crippen LogP contribution in [-0.2, 0) is 0 Å². The Kier molecular flexibility index (Phi) is 6.77. The summed E-state index contributed by atoms with van der Waals surface area (Å²) in [6.45, 7) is 7.50. The molecule has 1 rings (SSSR count). The minimum Gasteiger partial charge on any atom is -0.363 e. The monoisotopic (exact) mass is 258 g/mol. The van der Waals surface area contributed by atoms with Gasteiger partial charge in [-0.3, -0.25) is 4.90 Å². The van der Waals surface area contributed by atoms with Gasteiger partial charge < -0.3 is 15.5 Å². The van der Waals surface area contributed by atoms with E-state index in [4.69, 9.17) is 12.2 Å². The normalized spacial score (nSPS) is 22.4. The van der Waals surface area contributed by atoms with Crippen LogP contribution >= 0.6 is 12.2 Å². The molecular weight excluding hydrogens is 232 g/mol. The number of unbranched alkanes of at least 4 members (excludes halogenated alkanes) is 1. The highest BCUT2D eigenvalue weighted by Gasteiger charge is 2.21. The molecule has 1 aliphatic heterocycles. The largest absolute Gasteiger partial charge is 0.363 e.